The fraction of sp³-hybridized carbons (Fsp3) is 0.0976. The van der Waals surface area contributed by atoms with Gasteiger partial charge in [0.1, 0.15) is 5.65 Å². The fourth-order valence-corrected chi connectivity index (χ4v) is 7.10. The number of imidazole rings is 1. The van der Waals surface area contributed by atoms with E-state index in [9.17, 15) is 52.7 Å². The van der Waals surface area contributed by atoms with Crippen LogP contribution in [-0.2, 0) is 24.7 Å². The van der Waals surface area contributed by atoms with Gasteiger partial charge in [-0.3, -0.25) is 4.40 Å². The molecule has 5 aromatic carbocycles. The summed E-state index contributed by atoms with van der Waals surface area (Å²) in [5.74, 6) is 0. The lowest BCUT2D eigenvalue weighted by atomic mass is 9.86. The Hall–Kier alpha value is -6.05. The highest BCUT2D eigenvalue weighted by atomic mass is 19.4. The summed E-state index contributed by atoms with van der Waals surface area (Å²) in [6, 6.07) is 21.6. The third kappa shape index (κ3) is 6.09. The number of hydrogen-bond donors (Lipinski definition) is 0. The van der Waals surface area contributed by atoms with Crippen LogP contribution in [0.5, 0.6) is 0 Å². The van der Waals surface area contributed by atoms with Gasteiger partial charge in [0.25, 0.3) is 0 Å². The van der Waals surface area contributed by atoms with Crippen LogP contribution in [0.1, 0.15) is 22.3 Å². The average molecular weight is 769 g/mol. The Labute approximate surface area is 302 Å². The van der Waals surface area contributed by atoms with Crippen molar-refractivity contribution in [2.24, 2.45) is 0 Å². The van der Waals surface area contributed by atoms with E-state index in [2.05, 4.69) is 4.98 Å². The highest BCUT2D eigenvalue weighted by molar-refractivity contribution is 6.20. The van der Waals surface area contributed by atoms with Crippen molar-refractivity contribution in [3.8, 4) is 44.5 Å². The zero-order chi connectivity index (χ0) is 39.2. The minimum absolute atomic E-state index is 0.153. The summed E-state index contributed by atoms with van der Waals surface area (Å²) >= 11 is 0. The van der Waals surface area contributed by atoms with Gasteiger partial charge >= 0.3 is 24.7 Å². The molecule has 8 aromatic rings. The summed E-state index contributed by atoms with van der Waals surface area (Å²) < 4.78 is 165. The molecule has 3 heterocycles. The summed E-state index contributed by atoms with van der Waals surface area (Å²) in [4.78, 5) is 4.67. The predicted octanol–water partition coefficient (Wildman–Crippen LogP) is 13.8. The second-order valence-electron chi connectivity index (χ2n) is 12.8. The lowest BCUT2D eigenvalue weighted by Crippen LogP contribution is -2.06. The van der Waals surface area contributed by atoms with Gasteiger partial charge in [0.2, 0.25) is 0 Å². The van der Waals surface area contributed by atoms with Crippen LogP contribution in [-0.4, -0.2) is 9.38 Å². The first kappa shape index (κ1) is 36.0. The summed E-state index contributed by atoms with van der Waals surface area (Å²) in [5.41, 5.74) is -0.792. The summed E-state index contributed by atoms with van der Waals surface area (Å²) in [7, 11) is 0. The number of rotatable bonds is 4. The molecule has 55 heavy (non-hydrogen) atoms. The Bertz CT molecular complexity index is 2520. The number of aromatic nitrogens is 2. The molecule has 0 spiro atoms. The zero-order valence-corrected chi connectivity index (χ0v) is 27.5. The average Bonchev–Trinajstić information content (AvgIpc) is 3.57. The van der Waals surface area contributed by atoms with Crippen molar-refractivity contribution in [1.29, 1.82) is 0 Å². The van der Waals surface area contributed by atoms with Gasteiger partial charge in [-0.15, -0.1) is 0 Å². The van der Waals surface area contributed by atoms with Crippen LogP contribution in [0.15, 0.2) is 121 Å². The van der Waals surface area contributed by atoms with Crippen molar-refractivity contribution in [3.63, 3.8) is 0 Å². The fourth-order valence-electron chi connectivity index (χ4n) is 7.10. The predicted molar refractivity (Wildman–Crippen MR) is 183 cm³/mol. The molecular formula is C41H20F12N2. The number of hydrogen-bond acceptors (Lipinski definition) is 1. The van der Waals surface area contributed by atoms with Crippen molar-refractivity contribution < 1.29 is 52.7 Å². The molecule has 0 saturated carbocycles. The van der Waals surface area contributed by atoms with Crippen LogP contribution in [0.25, 0.3) is 72.0 Å². The largest absolute Gasteiger partial charge is 0.416 e. The first-order valence-electron chi connectivity index (χ1n) is 16.2. The van der Waals surface area contributed by atoms with Gasteiger partial charge in [-0.1, -0.05) is 66.7 Å². The van der Waals surface area contributed by atoms with E-state index in [1.165, 1.54) is 54.7 Å². The van der Waals surface area contributed by atoms with E-state index in [1.807, 2.05) is 0 Å². The maximum atomic E-state index is 13.6. The quantitative estimate of drug-likeness (QED) is 0.163. The normalized spacial score (nSPS) is 13.1. The molecule has 14 heteroatoms. The zero-order valence-electron chi connectivity index (χ0n) is 27.5. The molecule has 2 nitrogen and oxygen atoms in total. The van der Waals surface area contributed by atoms with Crippen LogP contribution in [0, 0.1) is 0 Å². The van der Waals surface area contributed by atoms with Gasteiger partial charge in [-0.25, -0.2) is 4.98 Å². The standard InChI is InChI=1S/C41H20F12N2/c42-38(43,44)25-12-4-21(5-13-25)32-29-2-1-3-30-33(22-6-14-26(15-7-22)39(45,46)47)35(24-10-18-28(19-11-24)41(51,52)53)37-54-20-31(55(37)36(29)30)34(32)23-8-16-27(17-9-23)40(48,49)50/h1-20H. The lowest BCUT2D eigenvalue weighted by molar-refractivity contribution is -0.138. The molecule has 0 N–H and O–H groups in total. The maximum absolute atomic E-state index is 13.6. The van der Waals surface area contributed by atoms with E-state index in [0.717, 1.165) is 48.5 Å². The van der Waals surface area contributed by atoms with Crippen LogP contribution < -0.4 is 0 Å². The molecule has 0 amide bonds. The number of halogens is 12. The van der Waals surface area contributed by atoms with Crippen LogP contribution in [0.3, 0.4) is 0 Å². The van der Waals surface area contributed by atoms with Crippen molar-refractivity contribution in [1.82, 2.24) is 9.38 Å². The molecule has 0 aliphatic carbocycles. The molecule has 0 fully saturated rings. The number of para-hydroxylation sites is 1. The second kappa shape index (κ2) is 12.2. The van der Waals surface area contributed by atoms with Gasteiger partial charge in [0, 0.05) is 33.0 Å². The second-order valence-corrected chi connectivity index (χ2v) is 12.8. The monoisotopic (exact) mass is 768 g/mol. The van der Waals surface area contributed by atoms with Gasteiger partial charge in [-0.05, 0) is 70.8 Å². The molecule has 0 unspecified atom stereocenters. The van der Waals surface area contributed by atoms with E-state index in [1.54, 1.807) is 22.6 Å². The Morgan fingerprint density at radius 2 is 0.673 bits per heavy atom. The number of benzene rings is 5. The van der Waals surface area contributed by atoms with Gasteiger partial charge in [0.15, 0.2) is 0 Å². The molecule has 0 radical (unpaired) electrons. The van der Waals surface area contributed by atoms with E-state index >= 15 is 0 Å². The number of nitrogens with zero attached hydrogens (tertiary/aromatic N) is 2. The molecule has 0 saturated heterocycles. The van der Waals surface area contributed by atoms with Crippen LogP contribution in [0.2, 0.25) is 0 Å². The molecule has 8 rings (SSSR count). The Kier molecular flexibility index (Phi) is 8.00. The van der Waals surface area contributed by atoms with Gasteiger partial charge in [0.05, 0.1) is 39.5 Å². The van der Waals surface area contributed by atoms with E-state index < -0.39 is 47.0 Å². The van der Waals surface area contributed by atoms with Crippen molar-refractivity contribution in [3.05, 3.63) is 144 Å². The van der Waals surface area contributed by atoms with Gasteiger partial charge in [-0.2, -0.15) is 52.7 Å². The van der Waals surface area contributed by atoms with Crippen molar-refractivity contribution in [2.45, 2.75) is 24.7 Å². The molecular weight excluding hydrogens is 748 g/mol. The Morgan fingerprint density at radius 1 is 0.364 bits per heavy atom. The number of alkyl halides is 12. The summed E-state index contributed by atoms with van der Waals surface area (Å²) in [6.07, 6.45) is -17.3. The minimum atomic E-state index is -4.68. The highest BCUT2D eigenvalue weighted by Gasteiger charge is 2.34. The first-order chi connectivity index (χ1) is 25.8. The van der Waals surface area contributed by atoms with E-state index in [4.69, 9.17) is 0 Å². The Morgan fingerprint density at radius 3 is 1.02 bits per heavy atom. The Balaban J connectivity index is 1.52. The maximum Gasteiger partial charge on any atom is 0.416 e. The molecule has 0 atom stereocenters. The molecule has 3 aromatic heterocycles. The molecule has 0 aliphatic rings. The number of pyridine rings is 2. The molecule has 0 aliphatic heterocycles. The molecule has 0 bridgehead atoms. The lowest BCUT2D eigenvalue weighted by Gasteiger charge is -2.23. The molecule has 278 valence electrons. The van der Waals surface area contributed by atoms with E-state index in [0.29, 0.717) is 38.5 Å². The topological polar surface area (TPSA) is 17.3 Å². The third-order valence-corrected chi connectivity index (χ3v) is 9.54. The summed E-state index contributed by atoms with van der Waals surface area (Å²) in [5, 5.41) is 0.796. The van der Waals surface area contributed by atoms with Crippen molar-refractivity contribution in [2.75, 3.05) is 0 Å². The highest BCUT2D eigenvalue weighted by Crippen LogP contribution is 2.50. The van der Waals surface area contributed by atoms with Crippen LogP contribution >= 0.6 is 0 Å². The van der Waals surface area contributed by atoms with E-state index in [-0.39, 0.29) is 33.5 Å². The van der Waals surface area contributed by atoms with Crippen molar-refractivity contribution >= 4 is 27.5 Å². The smallest absolute Gasteiger partial charge is 0.291 e. The summed E-state index contributed by atoms with van der Waals surface area (Å²) in [6.45, 7) is 0. The van der Waals surface area contributed by atoms with Crippen LogP contribution in [0.4, 0.5) is 52.7 Å². The minimum Gasteiger partial charge on any atom is -0.291 e. The van der Waals surface area contributed by atoms with Gasteiger partial charge < -0.3 is 0 Å². The third-order valence-electron chi connectivity index (χ3n) is 9.54. The first-order valence-corrected chi connectivity index (χ1v) is 16.2. The SMILES string of the molecule is FC(F)(F)c1ccc(-c2c(-c3ccc(C(F)(F)F)cc3)c3cnc4c(-c5ccc(C(F)(F)F)cc5)c(-c5ccc(C(F)(F)F)cc5)c5cccc2c5n34)cc1.